The summed E-state index contributed by atoms with van der Waals surface area (Å²) in [6, 6.07) is 9.45. The number of nitrogens with one attached hydrogen (secondary N) is 2. The number of guanidine groups is 1. The predicted octanol–water partition coefficient (Wildman–Crippen LogP) is 4.42. The highest BCUT2D eigenvalue weighted by molar-refractivity contribution is 5.95. The number of nitrogens with zero attached hydrogens (tertiary/aromatic N) is 3. The van der Waals surface area contributed by atoms with E-state index in [1.54, 1.807) is 0 Å². The van der Waals surface area contributed by atoms with Gasteiger partial charge in [-0.15, -0.1) is 0 Å². The van der Waals surface area contributed by atoms with Crippen molar-refractivity contribution < 1.29 is 0 Å². The summed E-state index contributed by atoms with van der Waals surface area (Å²) in [7, 11) is 0. The molecule has 5 nitrogen and oxygen atoms in total. The quantitative estimate of drug-likeness (QED) is 0.818. The highest BCUT2D eigenvalue weighted by atomic mass is 15.3. The van der Waals surface area contributed by atoms with E-state index in [2.05, 4.69) is 68.2 Å². The van der Waals surface area contributed by atoms with Gasteiger partial charge in [0, 0.05) is 36.7 Å². The first-order chi connectivity index (χ1) is 13.9. The molecule has 1 aromatic rings. The summed E-state index contributed by atoms with van der Waals surface area (Å²) in [4.78, 5) is 9.65. The number of piperidine rings is 1. The van der Waals surface area contributed by atoms with Gasteiger partial charge in [0.15, 0.2) is 0 Å². The van der Waals surface area contributed by atoms with Crippen LogP contribution >= 0.6 is 0 Å². The molecule has 1 unspecified atom stereocenters. The normalized spacial score (nSPS) is 25.1. The van der Waals surface area contributed by atoms with E-state index in [1.165, 1.54) is 69.3 Å². The second-order valence-electron chi connectivity index (χ2n) is 8.42. The number of rotatable bonds is 3. The Morgan fingerprint density at radius 1 is 0.964 bits per heavy atom. The zero-order chi connectivity index (χ0) is 18.8. The first kappa shape index (κ1) is 17.7. The van der Waals surface area contributed by atoms with Gasteiger partial charge in [-0.1, -0.05) is 18.9 Å². The number of fused-ring (bicyclic) bond motifs is 1. The molecular weight excluding hydrogens is 346 g/mol. The molecule has 2 fully saturated rings. The van der Waals surface area contributed by atoms with Gasteiger partial charge in [-0.2, -0.15) is 0 Å². The number of hydrogen-bond donors (Lipinski definition) is 2. The third-order valence-corrected chi connectivity index (χ3v) is 6.51. The Morgan fingerprint density at radius 3 is 2.54 bits per heavy atom. The number of hydrogen-bond acceptors (Lipinski definition) is 5. The molecule has 5 heteroatoms. The lowest BCUT2D eigenvalue weighted by Crippen LogP contribution is -2.54. The molecule has 1 aliphatic carbocycles. The van der Waals surface area contributed by atoms with Crippen molar-refractivity contribution in [2.75, 3.05) is 23.3 Å². The maximum Gasteiger partial charge on any atom is 0.202 e. The summed E-state index contributed by atoms with van der Waals surface area (Å²) >= 11 is 0. The highest BCUT2D eigenvalue weighted by Crippen LogP contribution is 2.31. The first-order valence-corrected chi connectivity index (χ1v) is 11.0. The molecule has 1 aromatic carbocycles. The lowest BCUT2D eigenvalue weighted by atomic mass is 10.0. The fraction of sp³-hybridized carbons (Fsp3) is 0.522. The van der Waals surface area contributed by atoms with Crippen LogP contribution in [0.5, 0.6) is 0 Å². The minimum absolute atomic E-state index is 0.237. The highest BCUT2D eigenvalue weighted by Gasteiger charge is 2.32. The van der Waals surface area contributed by atoms with Gasteiger partial charge in [0.25, 0.3) is 0 Å². The third kappa shape index (κ3) is 3.62. The Hall–Kier alpha value is -2.43. The van der Waals surface area contributed by atoms with Crippen LogP contribution in [0.2, 0.25) is 0 Å². The van der Waals surface area contributed by atoms with Crippen LogP contribution in [0, 0.1) is 0 Å². The lowest BCUT2D eigenvalue weighted by molar-refractivity contribution is 0.206. The van der Waals surface area contributed by atoms with Gasteiger partial charge in [0.2, 0.25) is 5.96 Å². The molecule has 1 atom stereocenters. The average Bonchev–Trinajstić information content (AvgIpc) is 3.29. The van der Waals surface area contributed by atoms with Gasteiger partial charge in [-0.25, -0.2) is 4.99 Å². The van der Waals surface area contributed by atoms with E-state index in [-0.39, 0.29) is 6.17 Å². The minimum atomic E-state index is 0.237. The third-order valence-electron chi connectivity index (χ3n) is 6.51. The topological polar surface area (TPSA) is 42.9 Å². The summed E-state index contributed by atoms with van der Waals surface area (Å²) in [5, 5.41) is 7.12. The first-order valence-electron chi connectivity index (χ1n) is 11.0. The largest absolute Gasteiger partial charge is 0.372 e. The molecule has 0 radical (unpaired) electrons. The molecule has 1 saturated heterocycles. The number of benzene rings is 1. The van der Waals surface area contributed by atoms with E-state index < -0.39 is 0 Å². The molecule has 5 rings (SSSR count). The Kier molecular flexibility index (Phi) is 4.98. The van der Waals surface area contributed by atoms with Crippen molar-refractivity contribution in [3.8, 4) is 0 Å². The van der Waals surface area contributed by atoms with E-state index in [4.69, 9.17) is 0 Å². The molecule has 2 N–H and O–H groups in total. The van der Waals surface area contributed by atoms with Crippen LogP contribution in [0.3, 0.4) is 0 Å². The Bertz CT molecular complexity index is 767. The molecular formula is C23H31N5. The van der Waals surface area contributed by atoms with Crippen molar-refractivity contribution in [1.82, 2.24) is 10.2 Å². The van der Waals surface area contributed by atoms with Gasteiger partial charge in [-0.05, 0) is 74.6 Å². The summed E-state index contributed by atoms with van der Waals surface area (Å²) in [6.45, 7) is 2.36. The summed E-state index contributed by atoms with van der Waals surface area (Å²) < 4.78 is 0. The van der Waals surface area contributed by atoms with Crippen LogP contribution in [0.1, 0.15) is 51.4 Å². The maximum atomic E-state index is 4.64. The van der Waals surface area contributed by atoms with E-state index in [1.807, 2.05) is 0 Å². The van der Waals surface area contributed by atoms with Crippen molar-refractivity contribution in [2.45, 2.75) is 63.6 Å². The molecule has 3 heterocycles. The fourth-order valence-corrected chi connectivity index (χ4v) is 4.95. The average molecular weight is 378 g/mol. The maximum absolute atomic E-state index is 4.64. The summed E-state index contributed by atoms with van der Waals surface area (Å²) in [6.07, 6.45) is 17.1. The SMILES string of the molecule is C1=CN(C2CCCC2)C2NC(Nc3ccc(N4CCCCC4)cc3)=NC=C2C1. The molecule has 0 bridgehead atoms. The van der Waals surface area contributed by atoms with E-state index in [9.17, 15) is 0 Å². The van der Waals surface area contributed by atoms with Crippen molar-refractivity contribution in [3.05, 3.63) is 48.3 Å². The number of aliphatic imine (C=N–C) groups is 1. The van der Waals surface area contributed by atoms with Gasteiger partial charge in [0.1, 0.15) is 6.17 Å². The van der Waals surface area contributed by atoms with E-state index >= 15 is 0 Å². The van der Waals surface area contributed by atoms with E-state index in [0.29, 0.717) is 6.04 Å². The van der Waals surface area contributed by atoms with Crippen LogP contribution in [-0.2, 0) is 0 Å². The molecule has 0 aromatic heterocycles. The molecule has 3 aliphatic heterocycles. The Balaban J connectivity index is 1.26. The minimum Gasteiger partial charge on any atom is -0.372 e. The van der Waals surface area contributed by atoms with Crippen molar-refractivity contribution in [1.29, 1.82) is 0 Å². The monoisotopic (exact) mass is 377 g/mol. The van der Waals surface area contributed by atoms with Crippen LogP contribution in [0.15, 0.2) is 53.3 Å². The van der Waals surface area contributed by atoms with Crippen LogP contribution in [0.4, 0.5) is 11.4 Å². The Labute approximate surface area is 168 Å². The standard InChI is InChI=1S/C23H31N5/c1-4-14-27(15-5-1)20-12-10-19(11-13-20)25-23-24-17-18-7-6-16-28(22(18)26-23)21-8-2-3-9-21/h6,10-13,16-17,21-22H,1-5,7-9,14-15H2,(H2,24,25,26). The Morgan fingerprint density at radius 2 is 1.75 bits per heavy atom. The van der Waals surface area contributed by atoms with Gasteiger partial charge in [0.05, 0.1) is 0 Å². The summed E-state index contributed by atoms with van der Waals surface area (Å²) in [5.41, 5.74) is 3.78. The number of anilines is 2. The summed E-state index contributed by atoms with van der Waals surface area (Å²) in [5.74, 6) is 0.845. The molecule has 148 valence electrons. The molecule has 4 aliphatic rings. The van der Waals surface area contributed by atoms with Crippen molar-refractivity contribution in [2.24, 2.45) is 4.99 Å². The van der Waals surface area contributed by atoms with Crippen molar-refractivity contribution >= 4 is 17.3 Å². The lowest BCUT2D eigenvalue weighted by Gasteiger charge is -2.41. The molecule has 0 spiro atoms. The van der Waals surface area contributed by atoms with Crippen LogP contribution in [-0.4, -0.2) is 36.2 Å². The van der Waals surface area contributed by atoms with E-state index in [0.717, 1.165) is 18.1 Å². The molecule has 28 heavy (non-hydrogen) atoms. The van der Waals surface area contributed by atoms with Crippen molar-refractivity contribution in [3.63, 3.8) is 0 Å². The fourth-order valence-electron chi connectivity index (χ4n) is 4.95. The predicted molar refractivity (Wildman–Crippen MR) is 116 cm³/mol. The zero-order valence-corrected chi connectivity index (χ0v) is 16.6. The van der Waals surface area contributed by atoms with Gasteiger partial charge < -0.3 is 20.4 Å². The second kappa shape index (κ2) is 7.90. The van der Waals surface area contributed by atoms with Crippen LogP contribution in [0.25, 0.3) is 0 Å². The van der Waals surface area contributed by atoms with Gasteiger partial charge in [-0.3, -0.25) is 0 Å². The molecule has 0 amide bonds. The number of allylic oxidation sites excluding steroid dienone is 1. The van der Waals surface area contributed by atoms with Crippen LogP contribution < -0.4 is 15.5 Å². The second-order valence-corrected chi connectivity index (χ2v) is 8.42. The zero-order valence-electron chi connectivity index (χ0n) is 16.6. The molecule has 1 saturated carbocycles. The smallest absolute Gasteiger partial charge is 0.202 e. The van der Waals surface area contributed by atoms with Gasteiger partial charge >= 0.3 is 0 Å².